The molecule has 0 spiro atoms. The second-order valence-corrected chi connectivity index (χ2v) is 6.19. The van der Waals surface area contributed by atoms with Gasteiger partial charge >= 0.3 is 0 Å². The van der Waals surface area contributed by atoms with Gasteiger partial charge in [0.25, 0.3) is 0 Å². The van der Waals surface area contributed by atoms with Crippen molar-refractivity contribution < 1.29 is 0 Å². The van der Waals surface area contributed by atoms with Crippen LogP contribution in [-0.4, -0.2) is 22.6 Å². The van der Waals surface area contributed by atoms with Crippen molar-refractivity contribution in [3.05, 3.63) is 17.0 Å². The highest BCUT2D eigenvalue weighted by Crippen LogP contribution is 2.37. The fourth-order valence-corrected chi connectivity index (χ4v) is 2.63. The van der Waals surface area contributed by atoms with Crippen molar-refractivity contribution in [2.75, 3.05) is 11.4 Å². The van der Waals surface area contributed by atoms with Crippen LogP contribution in [0.25, 0.3) is 0 Å². The first-order valence-corrected chi connectivity index (χ1v) is 7.15. The Hall–Kier alpha value is -0.830. The number of aromatic nitrogens is 2. The second kappa shape index (κ2) is 5.43. The third-order valence-electron chi connectivity index (χ3n) is 3.21. The van der Waals surface area contributed by atoms with E-state index in [1.54, 1.807) is 6.33 Å². The monoisotopic (exact) mass is 267 g/mol. The third-order valence-corrected chi connectivity index (χ3v) is 3.51. The van der Waals surface area contributed by atoms with Crippen LogP contribution in [0.5, 0.6) is 0 Å². The maximum absolute atomic E-state index is 6.25. The summed E-state index contributed by atoms with van der Waals surface area (Å²) in [5, 5.41) is 0.601. The largest absolute Gasteiger partial charge is 0.353 e. The Morgan fingerprint density at radius 2 is 1.94 bits per heavy atom. The lowest BCUT2D eigenvalue weighted by Crippen LogP contribution is -2.32. The third kappa shape index (κ3) is 2.94. The van der Waals surface area contributed by atoms with E-state index < -0.39 is 0 Å². The van der Waals surface area contributed by atoms with Crippen LogP contribution in [0.4, 0.5) is 5.82 Å². The SMILES string of the molecule is CC(C)CN(c1ncnc(Cl)c1C(C)C)C1CC1. The molecule has 0 unspecified atom stereocenters. The smallest absolute Gasteiger partial charge is 0.138 e. The highest BCUT2D eigenvalue weighted by atomic mass is 35.5. The summed E-state index contributed by atoms with van der Waals surface area (Å²) in [6.07, 6.45) is 4.12. The van der Waals surface area contributed by atoms with Gasteiger partial charge in [-0.1, -0.05) is 39.3 Å². The summed E-state index contributed by atoms with van der Waals surface area (Å²) in [5.41, 5.74) is 1.09. The highest BCUT2D eigenvalue weighted by molar-refractivity contribution is 6.30. The van der Waals surface area contributed by atoms with Crippen molar-refractivity contribution in [2.24, 2.45) is 5.92 Å². The molecule has 1 aromatic heterocycles. The predicted octanol–water partition coefficient (Wildman–Crippen LogP) is 3.88. The Morgan fingerprint density at radius 1 is 1.28 bits per heavy atom. The second-order valence-electron chi connectivity index (χ2n) is 5.83. The zero-order valence-electron chi connectivity index (χ0n) is 11.7. The molecule has 18 heavy (non-hydrogen) atoms. The van der Waals surface area contributed by atoms with Crippen molar-refractivity contribution in [1.29, 1.82) is 0 Å². The minimum absolute atomic E-state index is 0.349. The first kappa shape index (κ1) is 13.6. The molecule has 2 rings (SSSR count). The van der Waals surface area contributed by atoms with Crippen LogP contribution in [0, 0.1) is 5.92 Å². The topological polar surface area (TPSA) is 29.0 Å². The average molecular weight is 268 g/mol. The summed E-state index contributed by atoms with van der Waals surface area (Å²) in [6, 6.07) is 0.649. The molecule has 0 atom stereocenters. The van der Waals surface area contributed by atoms with Gasteiger partial charge in [0.2, 0.25) is 0 Å². The van der Waals surface area contributed by atoms with E-state index in [1.807, 2.05) is 0 Å². The number of halogens is 1. The molecule has 0 aromatic carbocycles. The molecular formula is C14H22ClN3. The molecule has 0 bridgehead atoms. The minimum atomic E-state index is 0.349. The molecule has 1 saturated carbocycles. The Balaban J connectivity index is 2.37. The van der Waals surface area contributed by atoms with Gasteiger partial charge in [0, 0.05) is 18.2 Å². The summed E-state index contributed by atoms with van der Waals surface area (Å²) < 4.78 is 0. The van der Waals surface area contributed by atoms with Gasteiger partial charge in [-0.15, -0.1) is 0 Å². The van der Waals surface area contributed by atoms with Crippen molar-refractivity contribution in [3.63, 3.8) is 0 Å². The molecule has 3 nitrogen and oxygen atoms in total. The van der Waals surface area contributed by atoms with Gasteiger partial charge in [-0.25, -0.2) is 9.97 Å². The summed E-state index contributed by atoms with van der Waals surface area (Å²) in [7, 11) is 0. The molecule has 1 heterocycles. The average Bonchev–Trinajstić information content (AvgIpc) is 3.08. The van der Waals surface area contributed by atoms with Crippen molar-refractivity contribution in [3.8, 4) is 0 Å². The summed E-state index contributed by atoms with van der Waals surface area (Å²) in [6.45, 7) is 9.82. The van der Waals surface area contributed by atoms with Gasteiger partial charge in [-0.3, -0.25) is 0 Å². The van der Waals surface area contributed by atoms with E-state index in [-0.39, 0.29) is 0 Å². The lowest BCUT2D eigenvalue weighted by atomic mass is 10.0. The Labute approximate surface area is 115 Å². The molecule has 0 N–H and O–H groups in total. The summed E-state index contributed by atoms with van der Waals surface area (Å²) in [4.78, 5) is 11.1. The van der Waals surface area contributed by atoms with Crippen LogP contribution in [-0.2, 0) is 0 Å². The number of nitrogens with zero attached hydrogens (tertiary/aromatic N) is 3. The van der Waals surface area contributed by atoms with Crippen molar-refractivity contribution >= 4 is 17.4 Å². The lowest BCUT2D eigenvalue weighted by molar-refractivity contribution is 0.598. The van der Waals surface area contributed by atoms with Gasteiger partial charge in [0.15, 0.2) is 0 Å². The molecule has 1 aliphatic rings. The molecule has 1 aliphatic carbocycles. The van der Waals surface area contributed by atoms with E-state index >= 15 is 0 Å². The maximum atomic E-state index is 6.25. The van der Waals surface area contributed by atoms with E-state index in [0.29, 0.717) is 23.0 Å². The van der Waals surface area contributed by atoms with Crippen LogP contribution in [0.2, 0.25) is 5.15 Å². The van der Waals surface area contributed by atoms with E-state index in [0.717, 1.165) is 17.9 Å². The first-order valence-electron chi connectivity index (χ1n) is 6.77. The van der Waals surface area contributed by atoms with Crippen LogP contribution in [0.1, 0.15) is 52.0 Å². The Morgan fingerprint density at radius 3 is 2.44 bits per heavy atom. The summed E-state index contributed by atoms with van der Waals surface area (Å²) in [5.74, 6) is 2.02. The lowest BCUT2D eigenvalue weighted by Gasteiger charge is -2.28. The minimum Gasteiger partial charge on any atom is -0.353 e. The van der Waals surface area contributed by atoms with E-state index in [2.05, 4.69) is 42.6 Å². The molecular weight excluding hydrogens is 246 g/mol. The molecule has 0 aliphatic heterocycles. The molecule has 100 valence electrons. The van der Waals surface area contributed by atoms with Crippen molar-refractivity contribution in [1.82, 2.24) is 9.97 Å². The quantitative estimate of drug-likeness (QED) is 0.758. The zero-order valence-corrected chi connectivity index (χ0v) is 12.4. The molecule has 0 saturated heterocycles. The van der Waals surface area contributed by atoms with Crippen LogP contribution in [0.3, 0.4) is 0 Å². The zero-order chi connectivity index (χ0) is 13.3. The standard InChI is InChI=1S/C14H22ClN3/c1-9(2)7-18(11-5-6-11)14-12(10(3)4)13(15)16-8-17-14/h8-11H,5-7H2,1-4H3. The fourth-order valence-electron chi connectivity index (χ4n) is 2.28. The number of hydrogen-bond acceptors (Lipinski definition) is 3. The Kier molecular flexibility index (Phi) is 4.10. The molecule has 0 radical (unpaired) electrons. The van der Waals surface area contributed by atoms with Gasteiger partial charge in [0.1, 0.15) is 17.3 Å². The number of hydrogen-bond donors (Lipinski definition) is 0. The van der Waals surface area contributed by atoms with Gasteiger partial charge in [0.05, 0.1) is 0 Å². The van der Waals surface area contributed by atoms with E-state index in [4.69, 9.17) is 11.6 Å². The molecule has 1 aromatic rings. The van der Waals surface area contributed by atoms with Gasteiger partial charge in [-0.05, 0) is 24.7 Å². The normalized spacial score (nSPS) is 15.5. The van der Waals surface area contributed by atoms with E-state index in [9.17, 15) is 0 Å². The number of rotatable bonds is 5. The van der Waals surface area contributed by atoms with Gasteiger partial charge in [-0.2, -0.15) is 0 Å². The highest BCUT2D eigenvalue weighted by Gasteiger charge is 2.32. The van der Waals surface area contributed by atoms with E-state index in [1.165, 1.54) is 12.8 Å². The molecule has 1 fully saturated rings. The Bertz CT molecular complexity index is 414. The number of anilines is 1. The molecule has 0 amide bonds. The van der Waals surface area contributed by atoms with Crippen molar-refractivity contribution in [2.45, 2.75) is 52.5 Å². The maximum Gasteiger partial charge on any atom is 0.138 e. The van der Waals surface area contributed by atoms with Gasteiger partial charge < -0.3 is 4.90 Å². The van der Waals surface area contributed by atoms with Crippen LogP contribution >= 0.6 is 11.6 Å². The fraction of sp³-hybridized carbons (Fsp3) is 0.714. The predicted molar refractivity (Wildman–Crippen MR) is 76.3 cm³/mol. The van der Waals surface area contributed by atoms with Crippen LogP contribution < -0.4 is 4.90 Å². The first-order chi connectivity index (χ1) is 8.50. The van der Waals surface area contributed by atoms with Crippen LogP contribution in [0.15, 0.2) is 6.33 Å². The molecule has 4 heteroatoms. The summed E-state index contributed by atoms with van der Waals surface area (Å²) >= 11 is 6.25.